The molecule has 0 unspecified atom stereocenters. The van der Waals surface area contributed by atoms with E-state index >= 15 is 0 Å². The smallest absolute Gasteiger partial charge is 0.337 e. The van der Waals surface area contributed by atoms with Crippen LogP contribution in [-0.4, -0.2) is 11.1 Å². The van der Waals surface area contributed by atoms with Crippen LogP contribution < -0.4 is 0 Å². The summed E-state index contributed by atoms with van der Waals surface area (Å²) in [5.41, 5.74) is 1.87. The third kappa shape index (κ3) is 3.04. The number of carboxylic acids is 1. The Hall–Kier alpha value is -1.02. The highest BCUT2D eigenvalue weighted by Gasteiger charge is 2.11. The van der Waals surface area contributed by atoms with Crippen LogP contribution in [0.25, 0.3) is 0 Å². The van der Waals surface area contributed by atoms with Crippen LogP contribution in [-0.2, 0) is 0 Å². The van der Waals surface area contributed by atoms with Crippen molar-refractivity contribution >= 4 is 17.6 Å². The lowest BCUT2D eigenvalue weighted by Gasteiger charge is -2.04. The molecule has 0 fully saturated rings. The molecule has 78 valence electrons. The highest BCUT2D eigenvalue weighted by atomic mass is 35.5. The van der Waals surface area contributed by atoms with Crippen LogP contribution in [0, 0.1) is 13.8 Å². The first-order valence-corrected chi connectivity index (χ1v) is 4.90. The van der Waals surface area contributed by atoms with Crippen LogP contribution in [0.5, 0.6) is 0 Å². The third-order valence-electron chi connectivity index (χ3n) is 1.65. The van der Waals surface area contributed by atoms with Crippen LogP contribution in [0.3, 0.4) is 0 Å². The molecule has 0 saturated carbocycles. The Morgan fingerprint density at radius 3 is 2.14 bits per heavy atom. The monoisotopic (exact) mass is 214 g/mol. The lowest BCUT2D eigenvalue weighted by molar-refractivity contribution is 0.0696. The molecule has 2 nitrogen and oxygen atoms in total. The van der Waals surface area contributed by atoms with E-state index in [0.29, 0.717) is 10.6 Å². The van der Waals surface area contributed by atoms with Crippen LogP contribution in [0.4, 0.5) is 0 Å². The van der Waals surface area contributed by atoms with Crippen LogP contribution in [0.2, 0.25) is 5.02 Å². The second-order valence-electron chi connectivity index (χ2n) is 2.74. The van der Waals surface area contributed by atoms with Gasteiger partial charge < -0.3 is 5.11 Å². The lowest BCUT2D eigenvalue weighted by atomic mass is 10.1. The van der Waals surface area contributed by atoms with E-state index in [1.807, 2.05) is 20.8 Å². The highest BCUT2D eigenvalue weighted by molar-refractivity contribution is 6.33. The zero-order valence-corrected chi connectivity index (χ0v) is 9.64. The molecule has 1 N–H and O–H groups in total. The maximum absolute atomic E-state index is 10.7. The van der Waals surface area contributed by atoms with Crippen LogP contribution in [0.1, 0.15) is 35.3 Å². The molecular weight excluding hydrogens is 200 g/mol. The second-order valence-corrected chi connectivity index (χ2v) is 3.15. The highest BCUT2D eigenvalue weighted by Crippen LogP contribution is 2.21. The van der Waals surface area contributed by atoms with E-state index < -0.39 is 5.97 Å². The largest absolute Gasteiger partial charge is 0.478 e. The van der Waals surface area contributed by atoms with Gasteiger partial charge in [0.1, 0.15) is 0 Å². The van der Waals surface area contributed by atoms with E-state index in [1.54, 1.807) is 19.1 Å². The maximum Gasteiger partial charge on any atom is 0.337 e. The Labute approximate surface area is 89.5 Å². The summed E-state index contributed by atoms with van der Waals surface area (Å²) >= 11 is 5.75. The number of hydrogen-bond donors (Lipinski definition) is 1. The summed E-state index contributed by atoms with van der Waals surface area (Å²) in [6.07, 6.45) is 0. The van der Waals surface area contributed by atoms with E-state index in [9.17, 15) is 4.79 Å². The molecule has 1 aromatic carbocycles. The summed E-state index contributed by atoms with van der Waals surface area (Å²) in [6.45, 7) is 7.62. The molecule has 0 radical (unpaired) electrons. The van der Waals surface area contributed by atoms with Gasteiger partial charge in [-0.25, -0.2) is 4.79 Å². The van der Waals surface area contributed by atoms with E-state index in [1.165, 1.54) is 0 Å². The number of rotatable bonds is 1. The Morgan fingerprint density at radius 1 is 1.29 bits per heavy atom. The summed E-state index contributed by atoms with van der Waals surface area (Å²) in [7, 11) is 0. The van der Waals surface area contributed by atoms with Gasteiger partial charge in [0.25, 0.3) is 0 Å². The number of hydrogen-bond acceptors (Lipinski definition) is 1. The zero-order chi connectivity index (χ0) is 11.3. The molecule has 0 aromatic heterocycles. The predicted octanol–water partition coefficient (Wildman–Crippen LogP) is 3.68. The quantitative estimate of drug-likeness (QED) is 0.774. The van der Waals surface area contributed by atoms with Gasteiger partial charge in [-0.05, 0) is 31.0 Å². The van der Waals surface area contributed by atoms with Gasteiger partial charge in [0.2, 0.25) is 0 Å². The van der Waals surface area contributed by atoms with Gasteiger partial charge in [-0.15, -0.1) is 0 Å². The Kier molecular flexibility index (Phi) is 5.24. The van der Waals surface area contributed by atoms with E-state index in [0.717, 1.165) is 5.56 Å². The number of benzene rings is 1. The van der Waals surface area contributed by atoms with Gasteiger partial charge in [-0.1, -0.05) is 31.5 Å². The average Bonchev–Trinajstić information content (AvgIpc) is 2.04. The second kappa shape index (κ2) is 5.66. The average molecular weight is 215 g/mol. The summed E-state index contributed by atoms with van der Waals surface area (Å²) in [6, 6.07) is 3.45. The summed E-state index contributed by atoms with van der Waals surface area (Å²) in [5.74, 6) is -0.975. The lowest BCUT2D eigenvalue weighted by Crippen LogP contribution is -2.01. The number of carboxylic acid groups (broad SMARTS) is 1. The van der Waals surface area contributed by atoms with Crippen molar-refractivity contribution in [1.29, 1.82) is 0 Å². The van der Waals surface area contributed by atoms with Crippen molar-refractivity contribution in [3.63, 3.8) is 0 Å². The van der Waals surface area contributed by atoms with Crippen molar-refractivity contribution in [3.05, 3.63) is 33.8 Å². The van der Waals surface area contributed by atoms with Crippen LogP contribution in [0.15, 0.2) is 12.1 Å². The van der Waals surface area contributed by atoms with Gasteiger partial charge in [-0.3, -0.25) is 0 Å². The zero-order valence-electron chi connectivity index (χ0n) is 8.89. The van der Waals surface area contributed by atoms with Crippen molar-refractivity contribution in [2.75, 3.05) is 0 Å². The molecular formula is C11H15ClO2. The third-order valence-corrected chi connectivity index (χ3v) is 1.94. The molecule has 0 bridgehead atoms. The predicted molar refractivity (Wildman–Crippen MR) is 59.2 cm³/mol. The van der Waals surface area contributed by atoms with Crippen molar-refractivity contribution < 1.29 is 9.90 Å². The van der Waals surface area contributed by atoms with E-state index in [-0.39, 0.29) is 5.56 Å². The Bertz CT molecular complexity index is 309. The summed E-state index contributed by atoms with van der Waals surface area (Å²) < 4.78 is 0. The van der Waals surface area contributed by atoms with Crippen LogP contribution >= 0.6 is 11.6 Å². The van der Waals surface area contributed by atoms with Crippen molar-refractivity contribution in [1.82, 2.24) is 0 Å². The molecule has 3 heteroatoms. The molecule has 0 aliphatic rings. The molecule has 0 atom stereocenters. The number of aromatic carboxylic acids is 1. The first-order valence-electron chi connectivity index (χ1n) is 4.52. The van der Waals surface area contributed by atoms with Gasteiger partial charge in [-0.2, -0.15) is 0 Å². The SMILES string of the molecule is CC.Cc1cc(C)c(C(=O)O)c(Cl)c1. The topological polar surface area (TPSA) is 37.3 Å². The minimum Gasteiger partial charge on any atom is -0.478 e. The first kappa shape index (κ1) is 13.0. The van der Waals surface area contributed by atoms with Crippen molar-refractivity contribution in [2.24, 2.45) is 0 Å². The maximum atomic E-state index is 10.7. The fraction of sp³-hybridized carbons (Fsp3) is 0.364. The molecule has 0 aliphatic heterocycles. The standard InChI is InChI=1S/C9H9ClO2.C2H6/c1-5-3-6(2)8(9(11)12)7(10)4-5;1-2/h3-4H,1-2H3,(H,11,12);1-2H3. The van der Waals surface area contributed by atoms with Crippen molar-refractivity contribution in [2.45, 2.75) is 27.7 Å². The number of aryl methyl sites for hydroxylation is 2. The van der Waals surface area contributed by atoms with Gasteiger partial charge in [0.05, 0.1) is 10.6 Å². The molecule has 0 heterocycles. The molecule has 0 amide bonds. The van der Waals surface area contributed by atoms with Gasteiger partial charge >= 0.3 is 5.97 Å². The molecule has 0 spiro atoms. The fourth-order valence-corrected chi connectivity index (χ4v) is 1.59. The fourth-order valence-electron chi connectivity index (χ4n) is 1.19. The Balaban J connectivity index is 0.000000791. The van der Waals surface area contributed by atoms with Gasteiger partial charge in [0.15, 0.2) is 0 Å². The van der Waals surface area contributed by atoms with Gasteiger partial charge in [0, 0.05) is 0 Å². The number of carbonyl (C=O) groups is 1. The first-order chi connectivity index (χ1) is 6.52. The molecule has 0 saturated heterocycles. The molecule has 1 aromatic rings. The molecule has 0 aliphatic carbocycles. The van der Waals surface area contributed by atoms with E-state index in [2.05, 4.69) is 0 Å². The van der Waals surface area contributed by atoms with Crippen molar-refractivity contribution in [3.8, 4) is 0 Å². The molecule has 1 rings (SSSR count). The van der Waals surface area contributed by atoms with E-state index in [4.69, 9.17) is 16.7 Å². The normalized spacial score (nSPS) is 8.93. The minimum absolute atomic E-state index is 0.197. The number of halogens is 1. The Morgan fingerprint density at radius 2 is 1.79 bits per heavy atom. The summed E-state index contributed by atoms with van der Waals surface area (Å²) in [5, 5.41) is 9.06. The molecule has 14 heavy (non-hydrogen) atoms. The minimum atomic E-state index is -0.975. The summed E-state index contributed by atoms with van der Waals surface area (Å²) in [4.78, 5) is 10.7.